The van der Waals surface area contributed by atoms with Crippen molar-refractivity contribution in [2.24, 2.45) is 0 Å². The molecule has 0 saturated carbocycles. The summed E-state index contributed by atoms with van der Waals surface area (Å²) in [5.74, 6) is -0.499. The number of halogens is 2. The Morgan fingerprint density at radius 1 is 1.13 bits per heavy atom. The van der Waals surface area contributed by atoms with Gasteiger partial charge in [0.1, 0.15) is 11.6 Å². The van der Waals surface area contributed by atoms with E-state index in [0.717, 1.165) is 10.6 Å². The lowest BCUT2D eigenvalue weighted by molar-refractivity contribution is 0.0468. The van der Waals surface area contributed by atoms with E-state index in [1.165, 1.54) is 17.4 Å². The molecule has 0 aliphatic carbocycles. The monoisotopic (exact) mass is 363 g/mol. The van der Waals surface area contributed by atoms with Crippen LogP contribution in [0.1, 0.15) is 16.1 Å². The van der Waals surface area contributed by atoms with Gasteiger partial charge in [-0.1, -0.05) is 53.5 Å². The van der Waals surface area contributed by atoms with Crippen LogP contribution in [-0.4, -0.2) is 11.0 Å². The standard InChI is InChI=1S/C17H11Cl2NO2S/c18-12-6-7-14(15(19)8-12)17(21)22-9-13-10-23-16(20-13)11-4-2-1-3-5-11/h1-8,10H,9H2. The Hall–Kier alpha value is -1.88. The van der Waals surface area contributed by atoms with E-state index in [9.17, 15) is 4.79 Å². The molecule has 0 N–H and O–H groups in total. The molecule has 0 spiro atoms. The molecular weight excluding hydrogens is 353 g/mol. The van der Waals surface area contributed by atoms with Crippen LogP contribution in [0.5, 0.6) is 0 Å². The van der Waals surface area contributed by atoms with Gasteiger partial charge in [-0.05, 0) is 18.2 Å². The summed E-state index contributed by atoms with van der Waals surface area (Å²) in [7, 11) is 0. The van der Waals surface area contributed by atoms with Crippen LogP contribution in [0.3, 0.4) is 0 Å². The van der Waals surface area contributed by atoms with Gasteiger partial charge < -0.3 is 4.74 Å². The third-order valence-corrected chi connectivity index (χ3v) is 4.56. The molecule has 0 amide bonds. The number of carbonyl (C=O) groups excluding carboxylic acids is 1. The zero-order valence-corrected chi connectivity index (χ0v) is 14.2. The predicted octanol–water partition coefficient (Wildman–Crippen LogP) is 5.47. The molecule has 0 saturated heterocycles. The summed E-state index contributed by atoms with van der Waals surface area (Å²) >= 11 is 13.3. The predicted molar refractivity (Wildman–Crippen MR) is 93.1 cm³/mol. The number of benzene rings is 2. The Labute approximate surface area is 147 Å². The highest BCUT2D eigenvalue weighted by Gasteiger charge is 2.13. The van der Waals surface area contributed by atoms with Crippen molar-refractivity contribution in [2.75, 3.05) is 0 Å². The largest absolute Gasteiger partial charge is 0.456 e. The van der Waals surface area contributed by atoms with E-state index < -0.39 is 5.97 Å². The maximum absolute atomic E-state index is 12.1. The highest BCUT2D eigenvalue weighted by Crippen LogP contribution is 2.25. The Morgan fingerprint density at radius 3 is 2.65 bits per heavy atom. The van der Waals surface area contributed by atoms with Crippen molar-refractivity contribution in [1.29, 1.82) is 0 Å². The fourth-order valence-corrected chi connectivity index (χ4v) is 3.26. The zero-order valence-electron chi connectivity index (χ0n) is 11.8. The van der Waals surface area contributed by atoms with Crippen molar-refractivity contribution >= 4 is 40.5 Å². The average molecular weight is 364 g/mol. The number of esters is 1. The Balaban J connectivity index is 1.67. The quantitative estimate of drug-likeness (QED) is 0.576. The molecule has 1 aromatic heterocycles. The van der Waals surface area contributed by atoms with Crippen LogP contribution in [0.25, 0.3) is 10.6 Å². The van der Waals surface area contributed by atoms with Gasteiger partial charge in [-0.15, -0.1) is 11.3 Å². The minimum absolute atomic E-state index is 0.0983. The van der Waals surface area contributed by atoms with Crippen LogP contribution in [0.4, 0.5) is 0 Å². The van der Waals surface area contributed by atoms with Crippen molar-refractivity contribution in [3.63, 3.8) is 0 Å². The molecule has 0 aliphatic rings. The SMILES string of the molecule is O=C(OCc1csc(-c2ccccc2)n1)c1ccc(Cl)cc1Cl. The van der Waals surface area contributed by atoms with E-state index in [-0.39, 0.29) is 17.2 Å². The number of hydrogen-bond donors (Lipinski definition) is 0. The highest BCUT2D eigenvalue weighted by molar-refractivity contribution is 7.13. The van der Waals surface area contributed by atoms with Gasteiger partial charge in [0.25, 0.3) is 0 Å². The van der Waals surface area contributed by atoms with E-state index in [2.05, 4.69) is 4.98 Å². The first-order valence-electron chi connectivity index (χ1n) is 6.75. The molecule has 6 heteroatoms. The Morgan fingerprint density at radius 2 is 1.91 bits per heavy atom. The number of thiazole rings is 1. The van der Waals surface area contributed by atoms with Crippen LogP contribution in [0, 0.1) is 0 Å². The molecule has 2 aromatic carbocycles. The summed E-state index contributed by atoms with van der Waals surface area (Å²) in [6.45, 7) is 0.0983. The second-order valence-corrected chi connectivity index (χ2v) is 6.41. The first-order chi connectivity index (χ1) is 11.1. The van der Waals surface area contributed by atoms with Gasteiger partial charge in [-0.3, -0.25) is 0 Å². The van der Waals surface area contributed by atoms with Crippen molar-refractivity contribution < 1.29 is 9.53 Å². The number of rotatable bonds is 4. The molecule has 1 heterocycles. The number of hydrogen-bond acceptors (Lipinski definition) is 4. The van der Waals surface area contributed by atoms with E-state index in [1.807, 2.05) is 35.7 Å². The molecule has 0 unspecified atom stereocenters. The lowest BCUT2D eigenvalue weighted by atomic mass is 10.2. The minimum atomic E-state index is -0.499. The third-order valence-electron chi connectivity index (χ3n) is 3.07. The highest BCUT2D eigenvalue weighted by atomic mass is 35.5. The van der Waals surface area contributed by atoms with Gasteiger partial charge in [-0.25, -0.2) is 9.78 Å². The maximum atomic E-state index is 12.1. The van der Waals surface area contributed by atoms with E-state index >= 15 is 0 Å². The van der Waals surface area contributed by atoms with Gasteiger partial charge in [0, 0.05) is 16.0 Å². The number of ether oxygens (including phenoxy) is 1. The molecule has 0 aliphatic heterocycles. The second-order valence-electron chi connectivity index (χ2n) is 4.71. The third kappa shape index (κ3) is 3.91. The zero-order chi connectivity index (χ0) is 16.2. The van der Waals surface area contributed by atoms with Gasteiger partial charge >= 0.3 is 5.97 Å². The number of nitrogens with zero attached hydrogens (tertiary/aromatic N) is 1. The molecule has 3 rings (SSSR count). The summed E-state index contributed by atoms with van der Waals surface area (Å²) in [6.07, 6.45) is 0. The van der Waals surface area contributed by atoms with Crippen molar-refractivity contribution in [1.82, 2.24) is 4.98 Å². The molecule has 0 atom stereocenters. The maximum Gasteiger partial charge on any atom is 0.340 e. The summed E-state index contributed by atoms with van der Waals surface area (Å²) < 4.78 is 5.26. The number of carbonyl (C=O) groups is 1. The second kappa shape index (κ2) is 7.13. The van der Waals surface area contributed by atoms with Crippen molar-refractivity contribution in [2.45, 2.75) is 6.61 Å². The topological polar surface area (TPSA) is 39.2 Å². The Kier molecular flexibility index (Phi) is 4.96. The van der Waals surface area contributed by atoms with Gasteiger partial charge in [0.2, 0.25) is 0 Å². The van der Waals surface area contributed by atoms with Crippen molar-refractivity contribution in [3.8, 4) is 10.6 Å². The molecule has 0 radical (unpaired) electrons. The van der Waals surface area contributed by atoms with Crippen LogP contribution in [0.2, 0.25) is 10.0 Å². The van der Waals surface area contributed by atoms with Gasteiger partial charge in [0.05, 0.1) is 16.3 Å². The first kappa shape index (κ1) is 16.0. The average Bonchev–Trinajstić information content (AvgIpc) is 3.02. The van der Waals surface area contributed by atoms with E-state index in [0.29, 0.717) is 10.7 Å². The lowest BCUT2D eigenvalue weighted by Gasteiger charge is -2.05. The summed E-state index contributed by atoms with van der Waals surface area (Å²) in [6, 6.07) is 14.5. The van der Waals surface area contributed by atoms with Crippen LogP contribution < -0.4 is 0 Å². The van der Waals surface area contributed by atoms with Gasteiger partial charge in [0.15, 0.2) is 0 Å². The molecule has 3 nitrogen and oxygen atoms in total. The summed E-state index contributed by atoms with van der Waals surface area (Å²) in [4.78, 5) is 16.5. The number of aromatic nitrogens is 1. The van der Waals surface area contributed by atoms with E-state index in [4.69, 9.17) is 27.9 Å². The smallest absolute Gasteiger partial charge is 0.340 e. The molecule has 0 fully saturated rings. The molecule has 23 heavy (non-hydrogen) atoms. The fourth-order valence-electron chi connectivity index (χ4n) is 1.96. The van der Waals surface area contributed by atoms with Crippen LogP contribution in [-0.2, 0) is 11.3 Å². The van der Waals surface area contributed by atoms with Crippen LogP contribution in [0.15, 0.2) is 53.9 Å². The first-order valence-corrected chi connectivity index (χ1v) is 8.39. The van der Waals surface area contributed by atoms with E-state index in [1.54, 1.807) is 12.1 Å². The van der Waals surface area contributed by atoms with Gasteiger partial charge in [-0.2, -0.15) is 0 Å². The summed E-state index contributed by atoms with van der Waals surface area (Å²) in [5, 5.41) is 3.50. The minimum Gasteiger partial charge on any atom is -0.456 e. The van der Waals surface area contributed by atoms with Crippen LogP contribution >= 0.6 is 34.5 Å². The molecule has 3 aromatic rings. The lowest BCUT2D eigenvalue weighted by Crippen LogP contribution is -2.06. The molecule has 116 valence electrons. The molecular formula is C17H11Cl2NO2S. The summed E-state index contributed by atoms with van der Waals surface area (Å²) in [5.41, 5.74) is 2.03. The molecule has 0 bridgehead atoms. The Bertz CT molecular complexity index is 834. The van der Waals surface area contributed by atoms with Crippen molar-refractivity contribution in [3.05, 3.63) is 75.2 Å². The fraction of sp³-hybridized carbons (Fsp3) is 0.0588. The normalized spacial score (nSPS) is 10.5.